The maximum atomic E-state index is 12.4. The smallest absolute Gasteiger partial charge is 0.255 e. The van der Waals surface area contributed by atoms with Crippen molar-refractivity contribution >= 4 is 29.1 Å². The molecule has 0 fully saturated rings. The monoisotopic (exact) mass is 358 g/mol. The minimum Gasteiger partial charge on any atom is -0.493 e. The van der Waals surface area contributed by atoms with E-state index in [1.165, 1.54) is 0 Å². The van der Waals surface area contributed by atoms with Crippen LogP contribution < -0.4 is 15.4 Å². The van der Waals surface area contributed by atoms with Gasteiger partial charge in [-0.25, -0.2) is 0 Å². The first-order valence-electron chi connectivity index (χ1n) is 8.23. The van der Waals surface area contributed by atoms with Crippen molar-refractivity contribution in [1.29, 1.82) is 0 Å². The van der Waals surface area contributed by atoms with Gasteiger partial charge in [0.1, 0.15) is 5.75 Å². The first-order chi connectivity index (χ1) is 12.1. The highest BCUT2D eigenvalue weighted by atomic mass is 35.5. The molecule has 1 heterocycles. The van der Waals surface area contributed by atoms with Crippen LogP contribution in [-0.4, -0.2) is 25.0 Å². The fraction of sp³-hybridized carbons (Fsp3) is 0.263. The number of carbonyl (C=O) groups is 2. The van der Waals surface area contributed by atoms with Gasteiger partial charge in [0.25, 0.3) is 11.8 Å². The van der Waals surface area contributed by atoms with Gasteiger partial charge in [-0.1, -0.05) is 18.5 Å². The van der Waals surface area contributed by atoms with E-state index in [1.54, 1.807) is 24.3 Å². The third kappa shape index (κ3) is 3.94. The van der Waals surface area contributed by atoms with Gasteiger partial charge in [-0.15, -0.1) is 0 Å². The van der Waals surface area contributed by atoms with Crippen LogP contribution in [-0.2, 0) is 6.42 Å². The van der Waals surface area contributed by atoms with Gasteiger partial charge >= 0.3 is 0 Å². The van der Waals surface area contributed by atoms with E-state index in [1.807, 2.05) is 19.1 Å². The van der Waals surface area contributed by atoms with E-state index in [0.717, 1.165) is 24.2 Å². The summed E-state index contributed by atoms with van der Waals surface area (Å²) in [5.74, 6) is 0.388. The number of anilines is 1. The Bertz CT molecular complexity index is 820. The predicted molar refractivity (Wildman–Crippen MR) is 97.7 cm³/mol. The summed E-state index contributed by atoms with van der Waals surface area (Å²) in [4.78, 5) is 24.4. The van der Waals surface area contributed by atoms with Gasteiger partial charge in [0.05, 0.1) is 17.2 Å². The van der Waals surface area contributed by atoms with Crippen molar-refractivity contribution in [2.75, 3.05) is 18.5 Å². The Morgan fingerprint density at radius 3 is 2.76 bits per heavy atom. The molecule has 25 heavy (non-hydrogen) atoms. The fourth-order valence-electron chi connectivity index (χ4n) is 2.64. The van der Waals surface area contributed by atoms with Gasteiger partial charge in [-0.2, -0.15) is 0 Å². The normalized spacial score (nSPS) is 12.2. The van der Waals surface area contributed by atoms with Crippen molar-refractivity contribution in [3.63, 3.8) is 0 Å². The van der Waals surface area contributed by atoms with E-state index in [9.17, 15) is 9.59 Å². The summed E-state index contributed by atoms with van der Waals surface area (Å²) in [7, 11) is 0. The van der Waals surface area contributed by atoms with E-state index in [-0.39, 0.29) is 11.8 Å². The van der Waals surface area contributed by atoms with Crippen molar-refractivity contribution in [1.82, 2.24) is 5.32 Å². The number of nitrogens with one attached hydrogen (secondary N) is 2. The van der Waals surface area contributed by atoms with E-state index in [2.05, 4.69) is 10.6 Å². The largest absolute Gasteiger partial charge is 0.493 e. The lowest BCUT2D eigenvalue weighted by Crippen LogP contribution is -2.24. The topological polar surface area (TPSA) is 67.4 Å². The zero-order valence-corrected chi connectivity index (χ0v) is 14.7. The quantitative estimate of drug-likeness (QED) is 0.857. The molecular weight excluding hydrogens is 340 g/mol. The van der Waals surface area contributed by atoms with Crippen LogP contribution in [0.4, 0.5) is 5.69 Å². The standard InChI is InChI=1S/C19H19ClN2O3/c1-2-8-21-19(24)15-5-4-14(11-16(15)20)22-18(23)13-3-6-17-12(10-13)7-9-25-17/h3-6,10-11H,2,7-9H2,1H3,(H,21,24)(H,22,23). The molecule has 0 aromatic heterocycles. The summed E-state index contributed by atoms with van der Waals surface area (Å²) in [6, 6.07) is 10.2. The van der Waals surface area contributed by atoms with Crippen molar-refractivity contribution in [3.8, 4) is 5.75 Å². The van der Waals surface area contributed by atoms with Crippen LogP contribution in [0.5, 0.6) is 5.75 Å². The molecule has 0 spiro atoms. The van der Waals surface area contributed by atoms with Gasteiger partial charge < -0.3 is 15.4 Å². The first-order valence-corrected chi connectivity index (χ1v) is 8.61. The van der Waals surface area contributed by atoms with E-state index >= 15 is 0 Å². The van der Waals surface area contributed by atoms with E-state index in [4.69, 9.17) is 16.3 Å². The molecule has 0 aliphatic carbocycles. The molecule has 0 saturated heterocycles. The highest BCUT2D eigenvalue weighted by Crippen LogP contribution is 2.27. The molecule has 0 unspecified atom stereocenters. The minimum atomic E-state index is -0.228. The second-order valence-corrected chi connectivity index (χ2v) is 6.23. The van der Waals surface area contributed by atoms with Gasteiger partial charge in [0, 0.05) is 24.2 Å². The second kappa shape index (κ2) is 7.57. The Labute approximate surface area is 151 Å². The van der Waals surface area contributed by atoms with Gasteiger partial charge in [-0.05, 0) is 48.4 Å². The van der Waals surface area contributed by atoms with Gasteiger partial charge in [0.15, 0.2) is 0 Å². The molecule has 0 atom stereocenters. The summed E-state index contributed by atoms with van der Waals surface area (Å²) in [5.41, 5.74) is 2.53. The molecule has 130 valence electrons. The summed E-state index contributed by atoms with van der Waals surface area (Å²) < 4.78 is 5.44. The maximum absolute atomic E-state index is 12.4. The third-order valence-corrected chi connectivity index (χ3v) is 4.27. The lowest BCUT2D eigenvalue weighted by atomic mass is 10.1. The number of hydrogen-bond donors (Lipinski definition) is 2. The number of carbonyl (C=O) groups excluding carboxylic acids is 2. The number of amides is 2. The maximum Gasteiger partial charge on any atom is 0.255 e. The molecule has 2 aromatic rings. The summed E-state index contributed by atoms with van der Waals surface area (Å²) in [6.45, 7) is 3.22. The SMILES string of the molecule is CCCNC(=O)c1ccc(NC(=O)c2ccc3c(c2)CCO3)cc1Cl. The molecule has 1 aliphatic rings. The highest BCUT2D eigenvalue weighted by molar-refractivity contribution is 6.34. The van der Waals surface area contributed by atoms with Crippen LogP contribution in [0.3, 0.4) is 0 Å². The molecule has 6 heteroatoms. The lowest BCUT2D eigenvalue weighted by molar-refractivity contribution is 0.0953. The molecular formula is C19H19ClN2O3. The van der Waals surface area contributed by atoms with Crippen LogP contribution in [0.25, 0.3) is 0 Å². The Balaban J connectivity index is 1.71. The molecule has 2 N–H and O–H groups in total. The molecule has 5 nitrogen and oxygen atoms in total. The number of rotatable bonds is 5. The Morgan fingerprint density at radius 1 is 1.16 bits per heavy atom. The average Bonchev–Trinajstić information content (AvgIpc) is 3.07. The van der Waals surface area contributed by atoms with E-state index in [0.29, 0.717) is 35.0 Å². The minimum absolute atomic E-state index is 0.219. The summed E-state index contributed by atoms with van der Waals surface area (Å²) in [6.07, 6.45) is 1.66. The summed E-state index contributed by atoms with van der Waals surface area (Å²) in [5, 5.41) is 5.88. The van der Waals surface area contributed by atoms with Gasteiger partial charge in [-0.3, -0.25) is 9.59 Å². The van der Waals surface area contributed by atoms with Crippen molar-refractivity contribution in [3.05, 3.63) is 58.1 Å². The van der Waals surface area contributed by atoms with Crippen molar-refractivity contribution < 1.29 is 14.3 Å². The lowest BCUT2D eigenvalue weighted by Gasteiger charge is -2.10. The zero-order valence-electron chi connectivity index (χ0n) is 13.9. The summed E-state index contributed by atoms with van der Waals surface area (Å²) >= 11 is 6.18. The Hall–Kier alpha value is -2.53. The van der Waals surface area contributed by atoms with E-state index < -0.39 is 0 Å². The predicted octanol–water partition coefficient (Wildman–Crippen LogP) is 3.67. The van der Waals surface area contributed by atoms with Crippen LogP contribution in [0.2, 0.25) is 5.02 Å². The number of ether oxygens (including phenoxy) is 1. The molecule has 3 rings (SSSR count). The Morgan fingerprint density at radius 2 is 2.00 bits per heavy atom. The average molecular weight is 359 g/mol. The van der Waals surface area contributed by atoms with Crippen molar-refractivity contribution in [2.45, 2.75) is 19.8 Å². The first kappa shape index (κ1) is 17.3. The fourth-order valence-corrected chi connectivity index (χ4v) is 2.91. The van der Waals surface area contributed by atoms with Crippen LogP contribution in [0.15, 0.2) is 36.4 Å². The zero-order chi connectivity index (χ0) is 17.8. The molecule has 2 aromatic carbocycles. The second-order valence-electron chi connectivity index (χ2n) is 5.83. The molecule has 2 amide bonds. The van der Waals surface area contributed by atoms with Crippen LogP contribution in [0, 0.1) is 0 Å². The van der Waals surface area contributed by atoms with Crippen molar-refractivity contribution in [2.24, 2.45) is 0 Å². The number of halogens is 1. The molecule has 0 radical (unpaired) electrons. The number of benzene rings is 2. The number of hydrogen-bond acceptors (Lipinski definition) is 3. The molecule has 0 bridgehead atoms. The van der Waals surface area contributed by atoms with Gasteiger partial charge in [0.2, 0.25) is 0 Å². The molecule has 0 saturated carbocycles. The highest BCUT2D eigenvalue weighted by Gasteiger charge is 2.16. The number of fused-ring (bicyclic) bond motifs is 1. The molecule has 1 aliphatic heterocycles. The van der Waals surface area contributed by atoms with Crippen LogP contribution in [0.1, 0.15) is 39.6 Å². The van der Waals surface area contributed by atoms with Crippen LogP contribution >= 0.6 is 11.6 Å². The Kier molecular flexibility index (Phi) is 5.24. The third-order valence-electron chi connectivity index (χ3n) is 3.96.